The van der Waals surface area contributed by atoms with E-state index in [-0.39, 0.29) is 35.9 Å². The average Bonchev–Trinajstić information content (AvgIpc) is 3.40. The van der Waals surface area contributed by atoms with Crippen LogP contribution in [0.5, 0.6) is 5.88 Å². The molecule has 1 aromatic heterocycles. The van der Waals surface area contributed by atoms with E-state index in [4.69, 9.17) is 4.74 Å². The van der Waals surface area contributed by atoms with Crippen LogP contribution < -0.4 is 9.64 Å². The lowest BCUT2D eigenvalue weighted by Crippen LogP contribution is -2.56. The third-order valence-electron chi connectivity index (χ3n) is 7.07. The topological polar surface area (TPSA) is 45.7 Å². The Hall–Kier alpha value is -1.92. The molecule has 4 fully saturated rings. The fourth-order valence-corrected chi connectivity index (χ4v) is 5.91. The second-order valence-electron chi connectivity index (χ2n) is 11.1. The molecule has 164 valence electrons. The van der Waals surface area contributed by atoms with Crippen LogP contribution in [0.25, 0.3) is 0 Å². The van der Waals surface area contributed by atoms with Gasteiger partial charge < -0.3 is 14.5 Å². The number of halogens is 2. The first kappa shape index (κ1) is 20.0. The van der Waals surface area contributed by atoms with E-state index in [1.807, 2.05) is 4.90 Å². The van der Waals surface area contributed by atoms with Crippen molar-refractivity contribution in [1.29, 1.82) is 0 Å². The fraction of sp³-hybridized carbons (Fsp3) is 0.739. The van der Waals surface area contributed by atoms with Gasteiger partial charge in [0.15, 0.2) is 0 Å². The highest BCUT2D eigenvalue weighted by molar-refractivity contribution is 5.93. The molecule has 2 aliphatic heterocycles. The van der Waals surface area contributed by atoms with Gasteiger partial charge in [-0.3, -0.25) is 4.79 Å². The summed E-state index contributed by atoms with van der Waals surface area (Å²) < 4.78 is 32.7. The minimum Gasteiger partial charge on any atom is -0.476 e. The number of ether oxygens (including phenoxy) is 1. The summed E-state index contributed by atoms with van der Waals surface area (Å²) in [5, 5.41) is 0. The van der Waals surface area contributed by atoms with Crippen LogP contribution in [0.15, 0.2) is 12.1 Å². The van der Waals surface area contributed by atoms with E-state index >= 15 is 0 Å². The van der Waals surface area contributed by atoms with Gasteiger partial charge in [0.1, 0.15) is 11.4 Å². The molecule has 4 aliphatic rings. The van der Waals surface area contributed by atoms with E-state index in [2.05, 4.69) is 25.8 Å². The molecule has 3 heterocycles. The summed E-state index contributed by atoms with van der Waals surface area (Å²) in [4.78, 5) is 21.5. The number of hydrogen-bond donors (Lipinski definition) is 0. The summed E-state index contributed by atoms with van der Waals surface area (Å²) in [7, 11) is 0. The van der Waals surface area contributed by atoms with Gasteiger partial charge in [0.25, 0.3) is 11.8 Å². The van der Waals surface area contributed by atoms with Gasteiger partial charge in [-0.1, -0.05) is 20.8 Å². The highest BCUT2D eigenvalue weighted by atomic mass is 19.3. The van der Waals surface area contributed by atoms with Gasteiger partial charge in [-0.15, -0.1) is 0 Å². The van der Waals surface area contributed by atoms with Gasteiger partial charge in [0.2, 0.25) is 5.88 Å². The molecule has 1 aromatic rings. The fourth-order valence-electron chi connectivity index (χ4n) is 5.91. The predicted molar refractivity (Wildman–Crippen MR) is 110 cm³/mol. The SMILES string of the molecule is CC1(C)CC2C[C@@](C)(CN2C(=O)c2ccc(N3CC(F)(F)C3)c(OCC3CC3)n2)C1. The van der Waals surface area contributed by atoms with E-state index in [0.29, 0.717) is 29.8 Å². The first-order valence-electron chi connectivity index (χ1n) is 11.1. The molecule has 1 unspecified atom stereocenters. The number of fused-ring (bicyclic) bond motifs is 2. The summed E-state index contributed by atoms with van der Waals surface area (Å²) >= 11 is 0. The number of nitrogens with zero attached hydrogens (tertiary/aromatic N) is 3. The molecule has 2 bridgehead atoms. The van der Waals surface area contributed by atoms with Crippen molar-refractivity contribution in [2.24, 2.45) is 16.7 Å². The molecule has 0 aromatic carbocycles. The van der Waals surface area contributed by atoms with Crippen LogP contribution in [0.2, 0.25) is 0 Å². The van der Waals surface area contributed by atoms with Gasteiger partial charge in [-0.25, -0.2) is 13.8 Å². The number of amides is 1. The Bertz CT molecular complexity index is 862. The number of anilines is 1. The Morgan fingerprint density at radius 2 is 1.90 bits per heavy atom. The largest absolute Gasteiger partial charge is 0.476 e. The Morgan fingerprint density at radius 1 is 1.17 bits per heavy atom. The standard InChI is InChI=1S/C23H31F2N3O2/c1-21(2)8-16-9-22(3,11-21)12-28(16)20(29)17-6-7-18(27-13-23(24,25)14-27)19(26-17)30-10-15-4-5-15/h6-7,15-16H,4-5,8-14H2,1-3H3/t16?,22-/m1/s1. The molecule has 0 N–H and O–H groups in total. The summed E-state index contributed by atoms with van der Waals surface area (Å²) in [5.41, 5.74) is 1.29. The van der Waals surface area contributed by atoms with Crippen molar-refractivity contribution in [2.75, 3.05) is 31.1 Å². The van der Waals surface area contributed by atoms with Crippen LogP contribution >= 0.6 is 0 Å². The predicted octanol–water partition coefficient (Wildman–Crippen LogP) is 4.37. The van der Waals surface area contributed by atoms with Crippen molar-refractivity contribution in [3.8, 4) is 5.88 Å². The van der Waals surface area contributed by atoms with Gasteiger partial charge >= 0.3 is 0 Å². The average molecular weight is 420 g/mol. The molecule has 5 rings (SSSR count). The maximum atomic E-state index is 13.4. The van der Waals surface area contributed by atoms with Gasteiger partial charge in [0.05, 0.1) is 19.7 Å². The zero-order valence-corrected chi connectivity index (χ0v) is 18.1. The zero-order valence-electron chi connectivity index (χ0n) is 18.1. The molecule has 2 saturated carbocycles. The lowest BCUT2D eigenvalue weighted by atomic mass is 9.65. The van der Waals surface area contributed by atoms with Gasteiger partial charge in [-0.2, -0.15) is 0 Å². The molecule has 0 spiro atoms. The number of likely N-dealkylation sites (tertiary alicyclic amines) is 1. The molecule has 30 heavy (non-hydrogen) atoms. The smallest absolute Gasteiger partial charge is 0.282 e. The minimum atomic E-state index is -2.67. The Kier molecular flexibility index (Phi) is 4.36. The first-order chi connectivity index (χ1) is 14.0. The minimum absolute atomic E-state index is 0.0711. The van der Waals surface area contributed by atoms with Crippen molar-refractivity contribution in [3.63, 3.8) is 0 Å². The number of alkyl halides is 2. The molecular weight excluding hydrogens is 388 g/mol. The Morgan fingerprint density at radius 3 is 2.57 bits per heavy atom. The molecule has 0 radical (unpaired) electrons. The first-order valence-corrected chi connectivity index (χ1v) is 11.1. The lowest BCUT2D eigenvalue weighted by Gasteiger charge is -2.40. The number of rotatable bonds is 5. The summed E-state index contributed by atoms with van der Waals surface area (Å²) in [6, 6.07) is 3.64. The number of hydrogen-bond acceptors (Lipinski definition) is 4. The Balaban J connectivity index is 1.38. The van der Waals surface area contributed by atoms with Crippen LogP contribution in [0.3, 0.4) is 0 Å². The van der Waals surface area contributed by atoms with Crippen molar-refractivity contribution < 1.29 is 18.3 Å². The van der Waals surface area contributed by atoms with Crippen LogP contribution in [-0.2, 0) is 0 Å². The summed E-state index contributed by atoms with van der Waals surface area (Å²) in [6.45, 7) is 7.46. The summed E-state index contributed by atoms with van der Waals surface area (Å²) in [5.74, 6) is -1.91. The van der Waals surface area contributed by atoms with Crippen LogP contribution in [0, 0.1) is 16.7 Å². The van der Waals surface area contributed by atoms with Crippen molar-refractivity contribution in [3.05, 3.63) is 17.8 Å². The quantitative estimate of drug-likeness (QED) is 0.711. The summed E-state index contributed by atoms with van der Waals surface area (Å²) in [6.07, 6.45) is 5.40. The molecule has 2 aliphatic carbocycles. The van der Waals surface area contributed by atoms with Crippen molar-refractivity contribution in [1.82, 2.24) is 9.88 Å². The van der Waals surface area contributed by atoms with Gasteiger partial charge in [0, 0.05) is 12.6 Å². The number of carbonyl (C=O) groups is 1. The van der Waals surface area contributed by atoms with E-state index in [9.17, 15) is 13.6 Å². The maximum Gasteiger partial charge on any atom is 0.282 e. The van der Waals surface area contributed by atoms with E-state index < -0.39 is 5.92 Å². The monoisotopic (exact) mass is 419 g/mol. The normalized spacial score (nSPS) is 31.4. The van der Waals surface area contributed by atoms with Crippen LogP contribution in [0.1, 0.15) is 63.4 Å². The zero-order chi connectivity index (χ0) is 21.3. The molecular formula is C23H31F2N3O2. The highest BCUT2D eigenvalue weighted by Gasteiger charge is 2.51. The molecule has 1 amide bonds. The molecule has 7 heteroatoms. The number of carbonyl (C=O) groups excluding carboxylic acids is 1. The second-order valence-corrected chi connectivity index (χ2v) is 11.1. The maximum absolute atomic E-state index is 13.4. The van der Waals surface area contributed by atoms with Crippen LogP contribution in [0.4, 0.5) is 14.5 Å². The lowest BCUT2D eigenvalue weighted by molar-refractivity contribution is -0.0265. The van der Waals surface area contributed by atoms with E-state index in [1.165, 1.54) is 0 Å². The van der Waals surface area contributed by atoms with Crippen LogP contribution in [-0.4, -0.2) is 54.0 Å². The number of pyridine rings is 1. The highest BCUT2D eigenvalue weighted by Crippen LogP contribution is 2.52. The molecule has 2 atom stereocenters. The van der Waals surface area contributed by atoms with Gasteiger partial charge in [-0.05, 0) is 61.0 Å². The molecule has 2 saturated heterocycles. The van der Waals surface area contributed by atoms with E-state index in [0.717, 1.165) is 38.6 Å². The van der Waals surface area contributed by atoms with Crippen molar-refractivity contribution in [2.45, 2.75) is 64.8 Å². The number of aromatic nitrogens is 1. The van der Waals surface area contributed by atoms with E-state index in [1.54, 1.807) is 17.0 Å². The third-order valence-corrected chi connectivity index (χ3v) is 7.07. The Labute approximate surface area is 176 Å². The molecule has 5 nitrogen and oxygen atoms in total. The third kappa shape index (κ3) is 3.76. The second kappa shape index (κ2) is 6.54. The van der Waals surface area contributed by atoms with Crippen molar-refractivity contribution >= 4 is 11.6 Å².